The number of rotatable bonds is 5. The van der Waals surface area contributed by atoms with Crippen LogP contribution in [0.15, 0.2) is 66.9 Å². The number of benzene rings is 3. The van der Waals surface area contributed by atoms with Crippen LogP contribution < -0.4 is 0 Å². The summed E-state index contributed by atoms with van der Waals surface area (Å²) in [5.74, 6) is -0.533. The topological polar surface area (TPSA) is 86.5 Å². The Morgan fingerprint density at radius 3 is 2.29 bits per heavy atom. The summed E-state index contributed by atoms with van der Waals surface area (Å²) >= 11 is 0. The third kappa shape index (κ3) is 6.87. The molecular weight excluding hydrogens is 585 g/mol. The molecule has 2 heterocycles. The molecule has 45 heavy (non-hydrogen) atoms. The normalized spacial score (nSPS) is 15.6. The van der Waals surface area contributed by atoms with Crippen LogP contribution in [-0.2, 0) is 15.7 Å². The van der Waals surface area contributed by atoms with Gasteiger partial charge < -0.3 is 14.4 Å². The maximum Gasteiger partial charge on any atom is 0.416 e. The van der Waals surface area contributed by atoms with Crippen LogP contribution in [0.1, 0.15) is 73.1 Å². The molecule has 11 heteroatoms. The van der Waals surface area contributed by atoms with Gasteiger partial charge in [-0.05, 0) is 106 Å². The lowest BCUT2D eigenvalue weighted by Gasteiger charge is -2.38. The van der Waals surface area contributed by atoms with E-state index in [4.69, 9.17) is 9.47 Å². The fourth-order valence-electron chi connectivity index (χ4n) is 5.60. The Kier molecular flexibility index (Phi) is 8.73. The summed E-state index contributed by atoms with van der Waals surface area (Å²) in [5.41, 5.74) is 3.31. The van der Waals surface area contributed by atoms with E-state index in [0.717, 1.165) is 36.1 Å². The number of carbonyl (C=O) groups is 2. The first-order valence-corrected chi connectivity index (χ1v) is 14.7. The molecule has 1 fully saturated rings. The number of carbonyl (C=O) groups excluding carboxylic acids is 2. The number of halogens is 3. The van der Waals surface area contributed by atoms with Gasteiger partial charge in [0.1, 0.15) is 11.3 Å². The molecule has 1 saturated heterocycles. The van der Waals surface area contributed by atoms with Gasteiger partial charge in [-0.15, -0.1) is 5.10 Å². The van der Waals surface area contributed by atoms with Crippen LogP contribution in [0.5, 0.6) is 0 Å². The zero-order valence-electron chi connectivity index (χ0n) is 25.8. The summed E-state index contributed by atoms with van der Waals surface area (Å²) in [5, 5.41) is 8.64. The summed E-state index contributed by atoms with van der Waals surface area (Å²) in [6, 6.07) is 15.4. The zero-order chi connectivity index (χ0) is 32.5. The van der Waals surface area contributed by atoms with Crippen molar-refractivity contribution < 1.29 is 32.2 Å². The van der Waals surface area contributed by atoms with Crippen LogP contribution in [0.3, 0.4) is 0 Å². The average molecular weight is 621 g/mol. The van der Waals surface area contributed by atoms with Gasteiger partial charge in [0, 0.05) is 12.1 Å². The van der Waals surface area contributed by atoms with Gasteiger partial charge in [0.05, 0.1) is 36.2 Å². The highest BCUT2D eigenvalue weighted by Crippen LogP contribution is 2.42. The van der Waals surface area contributed by atoms with E-state index >= 15 is 0 Å². The van der Waals surface area contributed by atoms with Crippen molar-refractivity contribution in [3.63, 3.8) is 0 Å². The van der Waals surface area contributed by atoms with E-state index in [1.54, 1.807) is 37.9 Å². The number of ether oxygens (including phenoxy) is 2. The number of hydrogen-bond acceptors (Lipinski definition) is 6. The maximum absolute atomic E-state index is 13.4. The molecular formula is C34H35F3N4O4. The Morgan fingerprint density at radius 2 is 1.64 bits per heavy atom. The third-order valence-corrected chi connectivity index (χ3v) is 7.75. The lowest BCUT2D eigenvalue weighted by molar-refractivity contribution is -0.137. The zero-order valence-corrected chi connectivity index (χ0v) is 25.8. The Morgan fingerprint density at radius 1 is 0.933 bits per heavy atom. The fourth-order valence-corrected chi connectivity index (χ4v) is 5.60. The average Bonchev–Trinajstić information content (AvgIpc) is 3.49. The first-order chi connectivity index (χ1) is 21.3. The van der Waals surface area contributed by atoms with Crippen molar-refractivity contribution in [2.45, 2.75) is 64.8 Å². The number of aromatic nitrogens is 3. The standard InChI is InChI=1S/C34H35F3N4O4/c1-21-10-6-7-11-24(21)25-18-26(29-20-41(39-38-29)23-15-13-22(14-16-23)34(35,36)37)27(19-28(25)31(42)44-5)30-12-8-9-17-40(30)32(43)45-33(2,3)4/h6-7,10-11,13-16,18-20,30H,8-9,12,17H2,1-5H3. The predicted octanol–water partition coefficient (Wildman–Crippen LogP) is 8.18. The van der Waals surface area contributed by atoms with E-state index in [2.05, 4.69) is 10.3 Å². The number of alkyl halides is 3. The second-order valence-corrected chi connectivity index (χ2v) is 12.1. The predicted molar refractivity (Wildman–Crippen MR) is 163 cm³/mol. The molecule has 0 spiro atoms. The third-order valence-electron chi connectivity index (χ3n) is 7.75. The molecule has 0 N–H and O–H groups in total. The Balaban J connectivity index is 1.70. The van der Waals surface area contributed by atoms with Gasteiger partial charge in [-0.25, -0.2) is 14.3 Å². The number of likely N-dealkylation sites (tertiary alicyclic amines) is 1. The summed E-state index contributed by atoms with van der Waals surface area (Å²) in [4.78, 5) is 28.4. The smallest absolute Gasteiger partial charge is 0.416 e. The molecule has 0 saturated carbocycles. The SMILES string of the molecule is COC(=O)c1cc(C2CCCCN2C(=O)OC(C)(C)C)c(-c2cn(-c3ccc(C(F)(F)F)cc3)nn2)cc1-c1ccccc1C. The van der Waals surface area contributed by atoms with Gasteiger partial charge >= 0.3 is 18.2 Å². The van der Waals surface area contributed by atoms with Gasteiger partial charge in [0.15, 0.2) is 0 Å². The highest BCUT2D eigenvalue weighted by atomic mass is 19.4. The number of piperidine rings is 1. The number of hydrogen-bond donors (Lipinski definition) is 0. The van der Waals surface area contributed by atoms with Crippen LogP contribution in [-0.4, -0.2) is 51.2 Å². The molecule has 1 amide bonds. The van der Waals surface area contributed by atoms with E-state index in [9.17, 15) is 22.8 Å². The number of amides is 1. The molecule has 0 bridgehead atoms. The molecule has 5 rings (SSSR count). The van der Waals surface area contributed by atoms with Crippen LogP contribution in [0, 0.1) is 6.92 Å². The molecule has 8 nitrogen and oxygen atoms in total. The number of nitrogens with zero attached hydrogens (tertiary/aromatic N) is 4. The quantitative estimate of drug-likeness (QED) is 0.209. The van der Waals surface area contributed by atoms with Crippen molar-refractivity contribution in [2.75, 3.05) is 13.7 Å². The molecule has 1 aromatic heterocycles. The van der Waals surface area contributed by atoms with E-state index in [1.807, 2.05) is 37.3 Å². The second-order valence-electron chi connectivity index (χ2n) is 12.1. The highest BCUT2D eigenvalue weighted by molar-refractivity contribution is 5.99. The summed E-state index contributed by atoms with van der Waals surface area (Å²) in [6.45, 7) is 7.82. The summed E-state index contributed by atoms with van der Waals surface area (Å²) in [7, 11) is 1.32. The molecule has 1 atom stereocenters. The van der Waals surface area contributed by atoms with Crippen LogP contribution in [0.2, 0.25) is 0 Å². The Hall–Kier alpha value is -4.67. The molecule has 236 valence electrons. The van der Waals surface area contributed by atoms with Crippen molar-refractivity contribution in [3.05, 3.63) is 89.1 Å². The summed E-state index contributed by atoms with van der Waals surface area (Å²) < 4.78 is 51.9. The van der Waals surface area contributed by atoms with Gasteiger partial charge in [-0.1, -0.05) is 29.5 Å². The van der Waals surface area contributed by atoms with Crippen molar-refractivity contribution in [1.29, 1.82) is 0 Å². The first kappa shape index (κ1) is 31.7. The molecule has 1 aliphatic rings. The Labute approximate surface area is 259 Å². The van der Waals surface area contributed by atoms with Crippen molar-refractivity contribution in [2.24, 2.45) is 0 Å². The second kappa shape index (κ2) is 12.4. The largest absolute Gasteiger partial charge is 0.465 e. The lowest BCUT2D eigenvalue weighted by Crippen LogP contribution is -2.42. The van der Waals surface area contributed by atoms with Crippen LogP contribution >= 0.6 is 0 Å². The molecule has 0 radical (unpaired) electrons. The fraction of sp³-hybridized carbons (Fsp3) is 0.353. The van der Waals surface area contributed by atoms with E-state index < -0.39 is 35.4 Å². The van der Waals surface area contributed by atoms with Gasteiger partial charge in [0.2, 0.25) is 0 Å². The van der Waals surface area contributed by atoms with E-state index in [0.29, 0.717) is 46.6 Å². The minimum atomic E-state index is -4.46. The monoisotopic (exact) mass is 620 g/mol. The summed E-state index contributed by atoms with van der Waals surface area (Å²) in [6.07, 6.45) is -1.05. The molecule has 4 aromatic rings. The molecule has 0 aliphatic carbocycles. The molecule has 3 aromatic carbocycles. The van der Waals surface area contributed by atoms with Crippen molar-refractivity contribution >= 4 is 12.1 Å². The minimum absolute atomic E-state index is 0.329. The highest BCUT2D eigenvalue weighted by Gasteiger charge is 2.35. The van der Waals surface area contributed by atoms with Crippen molar-refractivity contribution in [3.8, 4) is 28.1 Å². The number of esters is 1. The van der Waals surface area contributed by atoms with E-state index in [1.165, 1.54) is 23.9 Å². The maximum atomic E-state index is 13.4. The van der Waals surface area contributed by atoms with Gasteiger partial charge in [-0.2, -0.15) is 13.2 Å². The van der Waals surface area contributed by atoms with Crippen molar-refractivity contribution in [1.82, 2.24) is 19.9 Å². The van der Waals surface area contributed by atoms with Gasteiger partial charge in [0.25, 0.3) is 0 Å². The molecule has 1 unspecified atom stereocenters. The van der Waals surface area contributed by atoms with E-state index in [-0.39, 0.29) is 0 Å². The number of aryl methyl sites for hydroxylation is 1. The Bertz CT molecular complexity index is 1710. The van der Waals surface area contributed by atoms with Crippen LogP contribution in [0.25, 0.3) is 28.1 Å². The lowest BCUT2D eigenvalue weighted by atomic mass is 9.85. The minimum Gasteiger partial charge on any atom is -0.465 e. The first-order valence-electron chi connectivity index (χ1n) is 14.7. The van der Waals surface area contributed by atoms with Gasteiger partial charge in [-0.3, -0.25) is 0 Å². The van der Waals surface area contributed by atoms with Crippen LogP contribution in [0.4, 0.5) is 18.0 Å². The molecule has 1 aliphatic heterocycles. The number of methoxy groups -OCH3 is 1.